The van der Waals surface area contributed by atoms with Gasteiger partial charge in [0.25, 0.3) is 0 Å². The molecule has 1 unspecified atom stereocenters. The fourth-order valence-corrected chi connectivity index (χ4v) is 3.30. The summed E-state index contributed by atoms with van der Waals surface area (Å²) in [4.78, 5) is 0. The number of thiophene rings is 1. The Kier molecular flexibility index (Phi) is 4.66. The molecule has 0 amide bonds. The fourth-order valence-electron chi connectivity index (χ4n) is 2.49. The predicted octanol–water partition coefficient (Wildman–Crippen LogP) is 3.16. The molecule has 2 aromatic heterocycles. The number of benzene rings is 1. The van der Waals surface area contributed by atoms with E-state index in [-0.39, 0.29) is 5.75 Å². The average molecular weight is 332 g/mol. The highest BCUT2D eigenvalue weighted by Crippen LogP contribution is 2.38. The summed E-state index contributed by atoms with van der Waals surface area (Å²) in [6.07, 6.45) is -0.178. The van der Waals surface area contributed by atoms with Crippen LogP contribution in [0.15, 0.2) is 34.2 Å². The van der Waals surface area contributed by atoms with Crippen LogP contribution in [-0.2, 0) is 6.42 Å². The summed E-state index contributed by atoms with van der Waals surface area (Å²) < 4.78 is 6.19. The van der Waals surface area contributed by atoms with Crippen LogP contribution in [0.4, 0.5) is 0 Å². The fraction of sp³-hybridized carbons (Fsp3) is 0.353. The Morgan fingerprint density at radius 3 is 2.91 bits per heavy atom. The zero-order valence-corrected chi connectivity index (χ0v) is 13.9. The molecular weight excluding hydrogens is 312 g/mol. The third-order valence-corrected chi connectivity index (χ3v) is 4.57. The first-order chi connectivity index (χ1) is 11.1. The van der Waals surface area contributed by atoms with Gasteiger partial charge >= 0.3 is 0 Å². The van der Waals surface area contributed by atoms with Crippen molar-refractivity contribution in [3.63, 3.8) is 0 Å². The monoisotopic (exact) mass is 332 g/mol. The molecule has 3 N–H and O–H groups in total. The molecule has 1 atom stereocenters. The standard InChI is InChI=1S/C17H20N2O3S/c1-10(2)18-9-12(20)8-11-4-3-5-13(16(11)21)15-17-14(22-19-15)6-7-23-17/h3-7,10,12,18,20-21H,8-9H2,1-2H3. The second-order valence-electron chi connectivity index (χ2n) is 5.88. The van der Waals surface area contributed by atoms with Crippen molar-refractivity contribution in [1.82, 2.24) is 10.5 Å². The van der Waals surface area contributed by atoms with Gasteiger partial charge in [-0.2, -0.15) is 0 Å². The van der Waals surface area contributed by atoms with E-state index in [1.807, 2.05) is 43.5 Å². The molecule has 3 aromatic rings. The quantitative estimate of drug-likeness (QED) is 0.646. The van der Waals surface area contributed by atoms with Gasteiger partial charge in [-0.3, -0.25) is 0 Å². The highest BCUT2D eigenvalue weighted by atomic mass is 32.1. The topological polar surface area (TPSA) is 78.5 Å². The van der Waals surface area contributed by atoms with Crippen molar-refractivity contribution < 1.29 is 14.7 Å². The summed E-state index contributed by atoms with van der Waals surface area (Å²) in [5, 5.41) is 29.9. The second kappa shape index (κ2) is 6.70. The van der Waals surface area contributed by atoms with Gasteiger partial charge in [0.1, 0.15) is 16.1 Å². The number of aromatic hydroxyl groups is 1. The maximum Gasteiger partial charge on any atom is 0.178 e. The Morgan fingerprint density at radius 2 is 2.13 bits per heavy atom. The van der Waals surface area contributed by atoms with Crippen LogP contribution in [-0.4, -0.2) is 34.1 Å². The van der Waals surface area contributed by atoms with E-state index in [0.717, 1.165) is 10.3 Å². The summed E-state index contributed by atoms with van der Waals surface area (Å²) in [5.41, 5.74) is 2.70. The second-order valence-corrected chi connectivity index (χ2v) is 6.80. The van der Waals surface area contributed by atoms with E-state index in [9.17, 15) is 10.2 Å². The molecule has 3 rings (SSSR count). The summed E-state index contributed by atoms with van der Waals surface area (Å²) in [5.74, 6) is 0.152. The Labute approximate surface area is 138 Å². The molecule has 0 aliphatic carbocycles. The number of aliphatic hydroxyl groups excluding tert-OH is 1. The van der Waals surface area contributed by atoms with Crippen LogP contribution in [0.5, 0.6) is 5.75 Å². The van der Waals surface area contributed by atoms with Crippen LogP contribution >= 0.6 is 11.3 Å². The van der Waals surface area contributed by atoms with E-state index >= 15 is 0 Å². The minimum atomic E-state index is -0.558. The number of hydrogen-bond acceptors (Lipinski definition) is 6. The molecule has 5 nitrogen and oxygen atoms in total. The molecule has 0 bridgehead atoms. The van der Waals surface area contributed by atoms with Gasteiger partial charge in [0.05, 0.1) is 6.10 Å². The lowest BCUT2D eigenvalue weighted by Gasteiger charge is -2.15. The Bertz CT molecular complexity index is 794. The van der Waals surface area contributed by atoms with Crippen molar-refractivity contribution in [1.29, 1.82) is 0 Å². The lowest BCUT2D eigenvalue weighted by Crippen LogP contribution is -2.33. The first-order valence-corrected chi connectivity index (χ1v) is 8.49. The van der Waals surface area contributed by atoms with Gasteiger partial charge < -0.3 is 20.1 Å². The van der Waals surface area contributed by atoms with Gasteiger partial charge in [-0.05, 0) is 23.1 Å². The highest BCUT2D eigenvalue weighted by molar-refractivity contribution is 7.17. The van der Waals surface area contributed by atoms with Crippen LogP contribution in [0.25, 0.3) is 21.5 Å². The number of phenolic OH excluding ortho intramolecular Hbond substituents is 1. The van der Waals surface area contributed by atoms with Gasteiger partial charge in [-0.25, -0.2) is 0 Å². The van der Waals surface area contributed by atoms with E-state index in [0.29, 0.717) is 35.8 Å². The maximum absolute atomic E-state index is 10.6. The van der Waals surface area contributed by atoms with Crippen molar-refractivity contribution in [2.45, 2.75) is 32.4 Å². The molecule has 23 heavy (non-hydrogen) atoms. The van der Waals surface area contributed by atoms with Crippen LogP contribution in [0.3, 0.4) is 0 Å². The van der Waals surface area contributed by atoms with E-state index < -0.39 is 6.10 Å². The number of aromatic nitrogens is 1. The molecule has 0 fully saturated rings. The predicted molar refractivity (Wildman–Crippen MR) is 91.8 cm³/mol. The van der Waals surface area contributed by atoms with Gasteiger partial charge in [-0.1, -0.05) is 31.1 Å². The number of rotatable bonds is 6. The Morgan fingerprint density at radius 1 is 1.30 bits per heavy atom. The van der Waals surface area contributed by atoms with Crippen LogP contribution in [0, 0.1) is 0 Å². The van der Waals surface area contributed by atoms with Gasteiger partial charge in [0, 0.05) is 24.6 Å². The number of aliphatic hydroxyl groups is 1. The summed E-state index contributed by atoms with van der Waals surface area (Å²) in [6, 6.07) is 7.67. The maximum atomic E-state index is 10.6. The van der Waals surface area contributed by atoms with Gasteiger partial charge in [0.15, 0.2) is 5.58 Å². The number of nitrogens with zero attached hydrogens (tertiary/aromatic N) is 1. The molecule has 0 aliphatic rings. The molecule has 0 aliphatic heterocycles. The first kappa shape index (κ1) is 16.0. The molecule has 0 spiro atoms. The lowest BCUT2D eigenvalue weighted by atomic mass is 10.0. The average Bonchev–Trinajstić information content (AvgIpc) is 3.11. The van der Waals surface area contributed by atoms with Crippen molar-refractivity contribution in [2.75, 3.05) is 6.54 Å². The minimum Gasteiger partial charge on any atom is -0.507 e. The number of nitrogens with one attached hydrogen (secondary N) is 1. The molecule has 6 heteroatoms. The van der Waals surface area contributed by atoms with Crippen LogP contribution in [0.2, 0.25) is 0 Å². The molecule has 0 saturated carbocycles. The lowest BCUT2D eigenvalue weighted by molar-refractivity contribution is 0.168. The Hall–Kier alpha value is -1.89. The van der Waals surface area contributed by atoms with Crippen molar-refractivity contribution in [3.05, 3.63) is 35.2 Å². The van der Waals surface area contributed by atoms with Crippen molar-refractivity contribution in [3.8, 4) is 17.0 Å². The molecular formula is C17H20N2O3S. The van der Waals surface area contributed by atoms with Crippen LogP contribution < -0.4 is 5.32 Å². The van der Waals surface area contributed by atoms with Crippen LogP contribution in [0.1, 0.15) is 19.4 Å². The first-order valence-electron chi connectivity index (χ1n) is 7.61. The third-order valence-electron chi connectivity index (χ3n) is 3.67. The van der Waals surface area contributed by atoms with Gasteiger partial charge in [-0.15, -0.1) is 11.3 Å². The zero-order chi connectivity index (χ0) is 16.4. The summed E-state index contributed by atoms with van der Waals surface area (Å²) in [7, 11) is 0. The zero-order valence-electron chi connectivity index (χ0n) is 13.1. The Balaban J connectivity index is 1.85. The number of hydrogen-bond donors (Lipinski definition) is 3. The number of phenols is 1. The number of para-hydroxylation sites is 1. The minimum absolute atomic E-state index is 0.152. The van der Waals surface area contributed by atoms with E-state index in [2.05, 4.69) is 10.5 Å². The largest absolute Gasteiger partial charge is 0.507 e. The molecule has 0 radical (unpaired) electrons. The van der Waals surface area contributed by atoms with E-state index in [4.69, 9.17) is 4.52 Å². The summed E-state index contributed by atoms with van der Waals surface area (Å²) >= 11 is 1.53. The molecule has 0 saturated heterocycles. The summed E-state index contributed by atoms with van der Waals surface area (Å²) in [6.45, 7) is 4.55. The highest BCUT2D eigenvalue weighted by Gasteiger charge is 2.18. The SMILES string of the molecule is CC(C)NCC(O)Cc1cccc(-c2noc3ccsc23)c1O. The molecule has 122 valence electrons. The third kappa shape index (κ3) is 3.39. The molecule has 2 heterocycles. The van der Waals surface area contributed by atoms with Crippen molar-refractivity contribution in [2.24, 2.45) is 0 Å². The normalized spacial score (nSPS) is 13.0. The molecule has 1 aromatic carbocycles. The number of fused-ring (bicyclic) bond motifs is 1. The van der Waals surface area contributed by atoms with E-state index in [1.165, 1.54) is 11.3 Å². The van der Waals surface area contributed by atoms with Crippen molar-refractivity contribution >= 4 is 21.6 Å². The van der Waals surface area contributed by atoms with Gasteiger partial charge in [0.2, 0.25) is 0 Å². The smallest absolute Gasteiger partial charge is 0.178 e. The van der Waals surface area contributed by atoms with E-state index in [1.54, 1.807) is 0 Å².